The molecule has 142 valence electrons. The fourth-order valence-electron chi connectivity index (χ4n) is 2.84. The number of benzene rings is 1. The predicted octanol–water partition coefficient (Wildman–Crippen LogP) is 3.72. The van der Waals surface area contributed by atoms with Gasteiger partial charge in [-0.25, -0.2) is 9.59 Å². The number of amides is 2. The maximum absolute atomic E-state index is 12.2. The van der Waals surface area contributed by atoms with Gasteiger partial charge in [0, 0.05) is 19.0 Å². The van der Waals surface area contributed by atoms with Crippen molar-refractivity contribution >= 4 is 12.2 Å². The van der Waals surface area contributed by atoms with Gasteiger partial charge in [-0.3, -0.25) is 0 Å². The van der Waals surface area contributed by atoms with Gasteiger partial charge in [-0.15, -0.1) is 6.58 Å². The molecule has 6 nitrogen and oxygen atoms in total. The maximum Gasteiger partial charge on any atom is 0.410 e. The van der Waals surface area contributed by atoms with E-state index in [2.05, 4.69) is 11.9 Å². The van der Waals surface area contributed by atoms with Gasteiger partial charge < -0.3 is 19.7 Å². The summed E-state index contributed by atoms with van der Waals surface area (Å²) in [4.78, 5) is 25.9. The van der Waals surface area contributed by atoms with Gasteiger partial charge in [-0.2, -0.15) is 0 Å². The fraction of sp³-hybridized carbons (Fsp3) is 0.500. The van der Waals surface area contributed by atoms with Crippen molar-refractivity contribution in [3.63, 3.8) is 0 Å². The molecule has 6 heteroatoms. The Hall–Kier alpha value is -2.50. The zero-order valence-corrected chi connectivity index (χ0v) is 15.7. The van der Waals surface area contributed by atoms with Gasteiger partial charge in [0.05, 0.1) is 6.04 Å². The van der Waals surface area contributed by atoms with E-state index in [1.807, 2.05) is 51.1 Å². The lowest BCUT2D eigenvalue weighted by atomic mass is 9.99. The number of hydrogen-bond donors (Lipinski definition) is 1. The SMILES string of the molecule is C=C[C@H](NC(=O)OCc1ccccc1)[C@H]1CCN(C(=O)OC(C)(C)C)C1. The number of nitrogens with zero attached hydrogens (tertiary/aromatic N) is 1. The number of hydrogen-bond acceptors (Lipinski definition) is 4. The number of alkyl carbamates (subject to hydrolysis) is 1. The van der Waals surface area contributed by atoms with Crippen molar-refractivity contribution in [2.45, 2.75) is 45.4 Å². The molecule has 0 radical (unpaired) electrons. The van der Waals surface area contributed by atoms with Gasteiger partial charge >= 0.3 is 12.2 Å². The lowest BCUT2D eigenvalue weighted by molar-refractivity contribution is 0.0287. The molecule has 2 atom stereocenters. The molecule has 0 saturated carbocycles. The molecule has 1 saturated heterocycles. The van der Waals surface area contributed by atoms with E-state index < -0.39 is 11.7 Å². The van der Waals surface area contributed by atoms with Crippen LogP contribution in [0.3, 0.4) is 0 Å². The van der Waals surface area contributed by atoms with Crippen LogP contribution in [0.25, 0.3) is 0 Å². The summed E-state index contributed by atoms with van der Waals surface area (Å²) in [5.41, 5.74) is 0.404. The van der Waals surface area contributed by atoms with Crippen molar-refractivity contribution in [1.29, 1.82) is 0 Å². The summed E-state index contributed by atoms with van der Waals surface area (Å²) < 4.78 is 10.7. The molecule has 1 N–H and O–H groups in total. The van der Waals surface area contributed by atoms with Gasteiger partial charge in [-0.05, 0) is 32.8 Å². The summed E-state index contributed by atoms with van der Waals surface area (Å²) in [6.45, 7) is 10.7. The Morgan fingerprint density at radius 3 is 2.65 bits per heavy atom. The Balaban J connectivity index is 1.82. The van der Waals surface area contributed by atoms with Crippen LogP contribution in [-0.4, -0.2) is 41.8 Å². The number of carbonyl (C=O) groups excluding carboxylic acids is 2. The highest BCUT2D eigenvalue weighted by Crippen LogP contribution is 2.23. The number of rotatable bonds is 5. The third-order valence-corrected chi connectivity index (χ3v) is 4.14. The molecule has 1 heterocycles. The quantitative estimate of drug-likeness (QED) is 0.813. The van der Waals surface area contributed by atoms with Crippen LogP contribution in [0.15, 0.2) is 43.0 Å². The maximum atomic E-state index is 12.2. The minimum Gasteiger partial charge on any atom is -0.445 e. The van der Waals surface area contributed by atoms with E-state index in [-0.39, 0.29) is 24.7 Å². The van der Waals surface area contributed by atoms with Crippen LogP contribution in [0.2, 0.25) is 0 Å². The minimum atomic E-state index is -0.521. The second-order valence-electron chi connectivity index (χ2n) is 7.44. The molecule has 0 bridgehead atoms. The van der Waals surface area contributed by atoms with Crippen LogP contribution in [-0.2, 0) is 16.1 Å². The zero-order valence-electron chi connectivity index (χ0n) is 15.7. The number of likely N-dealkylation sites (tertiary alicyclic amines) is 1. The van der Waals surface area contributed by atoms with Gasteiger partial charge in [-0.1, -0.05) is 36.4 Å². The Morgan fingerprint density at radius 1 is 1.35 bits per heavy atom. The molecule has 2 rings (SSSR count). The average molecular weight is 360 g/mol. The summed E-state index contributed by atoms with van der Waals surface area (Å²) in [5, 5.41) is 2.83. The smallest absolute Gasteiger partial charge is 0.410 e. The molecule has 26 heavy (non-hydrogen) atoms. The van der Waals surface area contributed by atoms with E-state index in [0.717, 1.165) is 12.0 Å². The number of nitrogens with one attached hydrogen (secondary N) is 1. The predicted molar refractivity (Wildman–Crippen MR) is 99.7 cm³/mol. The highest BCUT2D eigenvalue weighted by atomic mass is 16.6. The van der Waals surface area contributed by atoms with Crippen LogP contribution < -0.4 is 5.32 Å². The standard InChI is InChI=1S/C20H28N2O4/c1-5-17(21-18(23)25-14-15-9-7-6-8-10-15)16-11-12-22(13-16)19(24)26-20(2,3)4/h5-10,16-17H,1,11-14H2,2-4H3,(H,21,23)/t16-,17-/m0/s1. The van der Waals surface area contributed by atoms with Gasteiger partial charge in [0.15, 0.2) is 0 Å². The summed E-state index contributed by atoms with van der Waals surface area (Å²) in [5.74, 6) is 0.0873. The summed E-state index contributed by atoms with van der Waals surface area (Å²) >= 11 is 0. The van der Waals surface area contributed by atoms with E-state index in [1.54, 1.807) is 11.0 Å². The van der Waals surface area contributed by atoms with Gasteiger partial charge in [0.1, 0.15) is 12.2 Å². The lowest BCUT2D eigenvalue weighted by Gasteiger charge is -2.25. The first-order valence-electron chi connectivity index (χ1n) is 8.86. The van der Waals surface area contributed by atoms with Crippen molar-refractivity contribution in [2.24, 2.45) is 5.92 Å². The molecule has 2 amide bonds. The van der Waals surface area contributed by atoms with Crippen molar-refractivity contribution in [1.82, 2.24) is 10.2 Å². The molecule has 0 unspecified atom stereocenters. The molecule has 1 fully saturated rings. The number of carbonyl (C=O) groups is 2. The van der Waals surface area contributed by atoms with Crippen LogP contribution in [0.1, 0.15) is 32.8 Å². The van der Waals surface area contributed by atoms with E-state index in [9.17, 15) is 9.59 Å². The van der Waals surface area contributed by atoms with E-state index in [4.69, 9.17) is 9.47 Å². The normalized spacial score (nSPS) is 18.1. The zero-order chi connectivity index (χ0) is 19.2. The van der Waals surface area contributed by atoms with Crippen molar-refractivity contribution in [3.8, 4) is 0 Å². The Labute approximate surface area is 155 Å². The number of ether oxygens (including phenoxy) is 2. The molecule has 0 aromatic heterocycles. The van der Waals surface area contributed by atoms with Crippen LogP contribution in [0, 0.1) is 5.92 Å². The first-order valence-corrected chi connectivity index (χ1v) is 8.86. The van der Waals surface area contributed by atoms with Crippen LogP contribution in [0.4, 0.5) is 9.59 Å². The lowest BCUT2D eigenvalue weighted by Crippen LogP contribution is -2.41. The molecular formula is C20H28N2O4. The average Bonchev–Trinajstić information content (AvgIpc) is 3.07. The Morgan fingerprint density at radius 2 is 2.04 bits per heavy atom. The second kappa shape index (κ2) is 8.74. The van der Waals surface area contributed by atoms with E-state index in [0.29, 0.717) is 13.1 Å². The molecule has 0 spiro atoms. The van der Waals surface area contributed by atoms with Crippen molar-refractivity contribution in [2.75, 3.05) is 13.1 Å². The monoisotopic (exact) mass is 360 g/mol. The van der Waals surface area contributed by atoms with Crippen molar-refractivity contribution in [3.05, 3.63) is 48.6 Å². The minimum absolute atomic E-state index is 0.0873. The van der Waals surface area contributed by atoms with Crippen molar-refractivity contribution < 1.29 is 19.1 Å². The molecule has 0 aliphatic carbocycles. The van der Waals surface area contributed by atoms with E-state index >= 15 is 0 Å². The molecule has 1 aliphatic rings. The molecule has 1 aromatic rings. The van der Waals surface area contributed by atoms with E-state index in [1.165, 1.54) is 0 Å². The van der Waals surface area contributed by atoms with Gasteiger partial charge in [0.25, 0.3) is 0 Å². The molecule has 1 aromatic carbocycles. The fourth-order valence-corrected chi connectivity index (χ4v) is 2.84. The van der Waals surface area contributed by atoms with Crippen LogP contribution >= 0.6 is 0 Å². The summed E-state index contributed by atoms with van der Waals surface area (Å²) in [6, 6.07) is 9.24. The summed E-state index contributed by atoms with van der Waals surface area (Å²) in [7, 11) is 0. The largest absolute Gasteiger partial charge is 0.445 e. The highest BCUT2D eigenvalue weighted by Gasteiger charge is 2.33. The Kier molecular flexibility index (Phi) is 6.66. The first-order chi connectivity index (χ1) is 12.3. The first kappa shape index (κ1) is 19.8. The molecular weight excluding hydrogens is 332 g/mol. The van der Waals surface area contributed by atoms with Gasteiger partial charge in [0.2, 0.25) is 0 Å². The molecule has 1 aliphatic heterocycles. The van der Waals surface area contributed by atoms with Crippen LogP contribution in [0.5, 0.6) is 0 Å². The third kappa shape index (κ3) is 6.10. The summed E-state index contributed by atoms with van der Waals surface area (Å²) in [6.07, 6.45) is 1.64. The second-order valence-corrected chi connectivity index (χ2v) is 7.44. The third-order valence-electron chi connectivity index (χ3n) is 4.14. The Bertz CT molecular complexity index is 624. The topological polar surface area (TPSA) is 67.9 Å². The highest BCUT2D eigenvalue weighted by molar-refractivity contribution is 5.69.